The second-order valence-corrected chi connectivity index (χ2v) is 18.4. The molecule has 5 aliphatic carbocycles. The molecule has 232 valence electrons. The number of hydrogen-bond acceptors (Lipinski definition) is 6. The van der Waals surface area contributed by atoms with Gasteiger partial charge in [0.15, 0.2) is 9.84 Å². The summed E-state index contributed by atoms with van der Waals surface area (Å²) in [5.74, 6) is 0.642. The van der Waals surface area contributed by atoms with Crippen LogP contribution in [0.3, 0.4) is 0 Å². The molecule has 0 aromatic heterocycles. The summed E-state index contributed by atoms with van der Waals surface area (Å²) in [6.45, 7) is 17.6. The molecule has 0 bridgehead atoms. The Balaban J connectivity index is 1.55. The fraction of sp³-hybridized carbons (Fsp3) is 0.882. The SMILES string of the molecule is C=C(C)[C@@H]1CC[C@]2(C(=O)OC)CC[C@]3(C)[C@H](CC[C@@H]4[C@@]5(C)C[C@@H](CS(=O)(=O)CCO)C(=O)C(C)(C)[C@@H]5CC[C@]43C)[C@@H]12. The van der Waals surface area contributed by atoms with E-state index in [0.29, 0.717) is 24.2 Å². The molecule has 10 atom stereocenters. The predicted molar refractivity (Wildman–Crippen MR) is 161 cm³/mol. The quantitative estimate of drug-likeness (QED) is 0.300. The highest BCUT2D eigenvalue weighted by atomic mass is 32.2. The standard InChI is InChI=1S/C34H54O6S/c1-21(2)23-11-14-34(29(37)40-8)16-15-32(6)24(27(23)34)9-10-26-31(5)19-22(20-41(38,39)18-17-35)28(36)30(3,4)25(31)12-13-33(26,32)7/h22-27,35H,1,9-20H2,2-8H3/t22-,23-,24+,25-,26+,27+,31-,32+,33+,34-/m0/s1. The molecule has 0 aliphatic heterocycles. The van der Waals surface area contributed by atoms with Crippen molar-refractivity contribution in [2.24, 2.45) is 62.6 Å². The van der Waals surface area contributed by atoms with Crippen molar-refractivity contribution in [2.75, 3.05) is 25.2 Å². The Morgan fingerprint density at radius 1 is 0.976 bits per heavy atom. The number of aliphatic hydroxyl groups is 1. The van der Waals surface area contributed by atoms with E-state index >= 15 is 0 Å². The number of fused-ring (bicyclic) bond motifs is 7. The highest BCUT2D eigenvalue weighted by Gasteiger charge is 2.72. The lowest BCUT2D eigenvalue weighted by molar-refractivity contribution is -0.238. The number of ether oxygens (including phenoxy) is 1. The lowest BCUT2D eigenvalue weighted by atomic mass is 9.32. The highest BCUT2D eigenvalue weighted by Crippen LogP contribution is 2.77. The Morgan fingerprint density at radius 3 is 2.27 bits per heavy atom. The molecule has 0 saturated heterocycles. The topological polar surface area (TPSA) is 97.7 Å². The summed E-state index contributed by atoms with van der Waals surface area (Å²) in [6.07, 6.45) is 8.47. The molecular formula is C34H54O6S. The van der Waals surface area contributed by atoms with E-state index in [1.807, 2.05) is 0 Å². The average molecular weight is 591 g/mol. The molecule has 0 aromatic rings. The molecule has 0 spiro atoms. The number of carbonyl (C=O) groups excluding carboxylic acids is 2. The molecule has 0 amide bonds. The smallest absolute Gasteiger partial charge is 0.312 e. The molecule has 0 heterocycles. The van der Waals surface area contributed by atoms with E-state index in [1.54, 1.807) is 7.11 Å². The Hall–Kier alpha value is -1.21. The average Bonchev–Trinajstić information content (AvgIpc) is 3.28. The largest absolute Gasteiger partial charge is 0.469 e. The van der Waals surface area contributed by atoms with Crippen LogP contribution in [0, 0.1) is 62.6 Å². The van der Waals surface area contributed by atoms with Crippen molar-refractivity contribution in [3.8, 4) is 0 Å². The van der Waals surface area contributed by atoms with Crippen LogP contribution in [-0.2, 0) is 24.2 Å². The van der Waals surface area contributed by atoms with Gasteiger partial charge in [0.2, 0.25) is 0 Å². The van der Waals surface area contributed by atoms with Crippen LogP contribution >= 0.6 is 0 Å². The Kier molecular flexibility index (Phi) is 7.54. The van der Waals surface area contributed by atoms with Crippen molar-refractivity contribution < 1.29 is 27.9 Å². The highest BCUT2D eigenvalue weighted by molar-refractivity contribution is 7.91. The maximum absolute atomic E-state index is 13.8. The molecule has 5 fully saturated rings. The molecule has 41 heavy (non-hydrogen) atoms. The first kappa shape index (κ1) is 31.2. The van der Waals surface area contributed by atoms with Gasteiger partial charge in [-0.15, -0.1) is 0 Å². The van der Waals surface area contributed by atoms with Gasteiger partial charge in [0.05, 0.1) is 30.6 Å². The Morgan fingerprint density at radius 2 is 1.66 bits per heavy atom. The van der Waals surface area contributed by atoms with E-state index < -0.39 is 33.2 Å². The van der Waals surface area contributed by atoms with Crippen LogP contribution in [0.25, 0.3) is 0 Å². The number of esters is 1. The van der Waals surface area contributed by atoms with Gasteiger partial charge in [-0.25, -0.2) is 8.42 Å². The van der Waals surface area contributed by atoms with Gasteiger partial charge in [-0.05, 0) is 111 Å². The lowest BCUT2D eigenvalue weighted by Crippen LogP contribution is -2.67. The van der Waals surface area contributed by atoms with Crippen molar-refractivity contribution >= 4 is 21.6 Å². The van der Waals surface area contributed by atoms with Crippen molar-refractivity contribution in [3.63, 3.8) is 0 Å². The minimum Gasteiger partial charge on any atom is -0.469 e. The third-order valence-corrected chi connectivity index (χ3v) is 16.1. The van der Waals surface area contributed by atoms with Gasteiger partial charge in [0, 0.05) is 11.3 Å². The zero-order valence-corrected chi connectivity index (χ0v) is 27.4. The van der Waals surface area contributed by atoms with Gasteiger partial charge in [0.25, 0.3) is 0 Å². The summed E-state index contributed by atoms with van der Waals surface area (Å²) in [4.78, 5) is 27.3. The number of aliphatic hydroxyl groups excluding tert-OH is 1. The third kappa shape index (κ3) is 4.20. The van der Waals surface area contributed by atoms with Crippen molar-refractivity contribution in [1.82, 2.24) is 0 Å². The maximum atomic E-state index is 13.8. The van der Waals surface area contributed by atoms with Crippen LogP contribution in [0.5, 0.6) is 0 Å². The van der Waals surface area contributed by atoms with E-state index in [2.05, 4.69) is 48.1 Å². The normalized spacial score (nSPS) is 47.0. The lowest BCUT2D eigenvalue weighted by Gasteiger charge is -2.72. The number of Topliss-reactive ketones (excluding diaryl/α,β-unsaturated/α-hetero) is 1. The van der Waals surface area contributed by atoms with E-state index in [0.717, 1.165) is 51.4 Å². The van der Waals surface area contributed by atoms with Crippen molar-refractivity contribution in [1.29, 1.82) is 0 Å². The molecule has 1 N–H and O–H groups in total. The van der Waals surface area contributed by atoms with Crippen LogP contribution in [0.15, 0.2) is 12.2 Å². The Labute approximate surface area is 248 Å². The maximum Gasteiger partial charge on any atom is 0.312 e. The second-order valence-electron chi connectivity index (χ2n) is 16.2. The van der Waals surface area contributed by atoms with E-state index in [1.165, 1.54) is 5.57 Å². The predicted octanol–water partition coefficient (Wildman–Crippen LogP) is 6.02. The first-order chi connectivity index (χ1) is 18.9. The molecule has 0 radical (unpaired) electrons. The van der Waals surface area contributed by atoms with Crippen molar-refractivity contribution in [3.05, 3.63) is 12.2 Å². The fourth-order valence-corrected chi connectivity index (χ4v) is 13.8. The van der Waals surface area contributed by atoms with E-state index in [9.17, 15) is 23.1 Å². The molecule has 5 aliphatic rings. The first-order valence-corrected chi connectivity index (χ1v) is 17.9. The van der Waals surface area contributed by atoms with Gasteiger partial charge in [-0.3, -0.25) is 9.59 Å². The van der Waals surface area contributed by atoms with Gasteiger partial charge < -0.3 is 9.84 Å². The number of ketones is 1. The molecule has 6 nitrogen and oxygen atoms in total. The zero-order chi connectivity index (χ0) is 30.4. The summed E-state index contributed by atoms with van der Waals surface area (Å²) in [5, 5.41) is 9.35. The van der Waals surface area contributed by atoms with Crippen LogP contribution in [0.1, 0.15) is 99.3 Å². The minimum atomic E-state index is -3.52. The van der Waals surface area contributed by atoms with Crippen molar-refractivity contribution in [2.45, 2.75) is 99.3 Å². The van der Waals surface area contributed by atoms with E-state index in [4.69, 9.17) is 4.74 Å². The van der Waals surface area contributed by atoms with Crippen LogP contribution in [0.2, 0.25) is 0 Å². The molecule has 0 unspecified atom stereocenters. The number of methoxy groups -OCH3 is 1. The number of hydrogen-bond donors (Lipinski definition) is 1. The molecule has 5 saturated carbocycles. The molecule has 0 aromatic carbocycles. The number of carbonyl (C=O) groups is 2. The van der Waals surface area contributed by atoms with Crippen LogP contribution in [-0.4, -0.2) is 50.5 Å². The summed E-state index contributed by atoms with van der Waals surface area (Å²) in [5.41, 5.74) is 0.0860. The number of sulfone groups is 1. The first-order valence-electron chi connectivity index (χ1n) is 16.0. The number of rotatable bonds is 6. The summed E-state index contributed by atoms with van der Waals surface area (Å²) >= 11 is 0. The molecule has 7 heteroatoms. The minimum absolute atomic E-state index is 0.0245. The Bertz CT molecular complexity index is 1220. The third-order valence-electron chi connectivity index (χ3n) is 14.3. The van der Waals surface area contributed by atoms with Gasteiger partial charge in [-0.2, -0.15) is 0 Å². The van der Waals surface area contributed by atoms with E-state index in [-0.39, 0.29) is 51.3 Å². The van der Waals surface area contributed by atoms with Gasteiger partial charge in [0.1, 0.15) is 5.78 Å². The summed E-state index contributed by atoms with van der Waals surface area (Å²) in [6, 6.07) is 0. The van der Waals surface area contributed by atoms with Crippen LogP contribution < -0.4 is 0 Å². The summed E-state index contributed by atoms with van der Waals surface area (Å²) < 4.78 is 31.2. The summed E-state index contributed by atoms with van der Waals surface area (Å²) in [7, 11) is -1.98. The monoisotopic (exact) mass is 590 g/mol. The van der Waals surface area contributed by atoms with Crippen LogP contribution in [0.4, 0.5) is 0 Å². The fourth-order valence-electron chi connectivity index (χ4n) is 12.5. The molecule has 5 rings (SSSR count). The number of allylic oxidation sites excluding steroid dienone is 1. The second kappa shape index (κ2) is 9.90. The zero-order valence-electron chi connectivity index (χ0n) is 26.6. The van der Waals surface area contributed by atoms with Gasteiger partial charge >= 0.3 is 5.97 Å². The molecular weight excluding hydrogens is 536 g/mol. The van der Waals surface area contributed by atoms with Gasteiger partial charge in [-0.1, -0.05) is 46.8 Å².